The standard InChI is InChI=1S/C29H23IN2O3/c1-19-7-11-25(12-8-19)32-28(33)18-35-29-26(30)14-20(15-27(29)34-2)13-24(17-31)23-10-9-21-5-3-4-6-22(21)16-23/h3-16H,18H2,1-2H3,(H,32,33)/b24-13-. The summed E-state index contributed by atoms with van der Waals surface area (Å²) in [5, 5.41) is 14.8. The van der Waals surface area contributed by atoms with Gasteiger partial charge in [0.15, 0.2) is 18.1 Å². The third kappa shape index (κ3) is 6.00. The second-order valence-electron chi connectivity index (χ2n) is 7.97. The van der Waals surface area contributed by atoms with Crippen molar-refractivity contribution < 1.29 is 14.3 Å². The summed E-state index contributed by atoms with van der Waals surface area (Å²) in [5.74, 6) is 0.703. The molecule has 4 aromatic carbocycles. The van der Waals surface area contributed by atoms with Gasteiger partial charge in [-0.25, -0.2) is 0 Å². The molecule has 6 heteroatoms. The SMILES string of the molecule is COc1cc(/C=C(/C#N)c2ccc3ccccc3c2)cc(I)c1OCC(=O)Nc1ccc(C)cc1. The molecule has 0 fully saturated rings. The first-order valence-corrected chi connectivity index (χ1v) is 12.0. The number of carbonyl (C=O) groups is 1. The van der Waals surface area contributed by atoms with Crippen molar-refractivity contribution in [3.05, 3.63) is 99.1 Å². The lowest BCUT2D eigenvalue weighted by Gasteiger charge is -2.14. The molecule has 0 radical (unpaired) electrons. The summed E-state index contributed by atoms with van der Waals surface area (Å²) in [6, 6.07) is 27.6. The van der Waals surface area contributed by atoms with Crippen LogP contribution in [0.4, 0.5) is 5.69 Å². The average Bonchev–Trinajstić information content (AvgIpc) is 2.87. The summed E-state index contributed by atoms with van der Waals surface area (Å²) in [5.41, 5.74) is 4.01. The molecule has 0 bridgehead atoms. The van der Waals surface area contributed by atoms with Gasteiger partial charge < -0.3 is 14.8 Å². The molecule has 0 saturated heterocycles. The van der Waals surface area contributed by atoms with E-state index in [1.165, 1.54) is 0 Å². The van der Waals surface area contributed by atoms with Crippen molar-refractivity contribution >= 4 is 56.6 Å². The van der Waals surface area contributed by atoms with Crippen LogP contribution in [-0.2, 0) is 4.79 Å². The third-order valence-corrected chi connectivity index (χ3v) is 6.23. The first-order chi connectivity index (χ1) is 17.0. The number of halogens is 1. The van der Waals surface area contributed by atoms with Crippen LogP contribution in [0.25, 0.3) is 22.4 Å². The maximum atomic E-state index is 12.4. The van der Waals surface area contributed by atoms with Gasteiger partial charge in [0, 0.05) is 5.69 Å². The van der Waals surface area contributed by atoms with Gasteiger partial charge in [-0.2, -0.15) is 5.26 Å². The van der Waals surface area contributed by atoms with E-state index >= 15 is 0 Å². The lowest BCUT2D eigenvalue weighted by molar-refractivity contribution is -0.118. The molecular weight excluding hydrogens is 551 g/mol. The summed E-state index contributed by atoms with van der Waals surface area (Å²) in [6.07, 6.45) is 1.82. The molecule has 0 aromatic heterocycles. The zero-order valence-corrected chi connectivity index (χ0v) is 21.5. The van der Waals surface area contributed by atoms with E-state index in [0.717, 1.165) is 31.0 Å². The number of nitrogens with one attached hydrogen (secondary N) is 1. The molecule has 35 heavy (non-hydrogen) atoms. The number of allylic oxidation sites excluding steroid dienone is 1. The molecule has 0 aliphatic carbocycles. The Morgan fingerprint density at radius 3 is 2.49 bits per heavy atom. The van der Waals surface area contributed by atoms with Gasteiger partial charge in [0.1, 0.15) is 0 Å². The van der Waals surface area contributed by atoms with Crippen LogP contribution in [0.1, 0.15) is 16.7 Å². The molecule has 0 spiro atoms. The lowest BCUT2D eigenvalue weighted by Crippen LogP contribution is -2.20. The lowest BCUT2D eigenvalue weighted by atomic mass is 10.00. The highest BCUT2D eigenvalue weighted by atomic mass is 127. The average molecular weight is 574 g/mol. The minimum Gasteiger partial charge on any atom is -0.493 e. The Labute approximate surface area is 218 Å². The van der Waals surface area contributed by atoms with Crippen molar-refractivity contribution in [3.8, 4) is 17.6 Å². The number of hydrogen-bond donors (Lipinski definition) is 1. The smallest absolute Gasteiger partial charge is 0.262 e. The zero-order valence-electron chi connectivity index (χ0n) is 19.3. The second kappa shape index (κ2) is 11.1. The minimum atomic E-state index is -0.265. The molecule has 174 valence electrons. The number of hydrogen-bond acceptors (Lipinski definition) is 4. The number of rotatable bonds is 7. The van der Waals surface area contributed by atoms with Crippen molar-refractivity contribution in [3.63, 3.8) is 0 Å². The van der Waals surface area contributed by atoms with E-state index < -0.39 is 0 Å². The largest absolute Gasteiger partial charge is 0.493 e. The molecule has 0 aliphatic rings. The summed E-state index contributed by atoms with van der Waals surface area (Å²) >= 11 is 2.15. The van der Waals surface area contributed by atoms with E-state index in [0.29, 0.717) is 22.8 Å². The Morgan fingerprint density at radius 2 is 1.77 bits per heavy atom. The van der Waals surface area contributed by atoms with Crippen molar-refractivity contribution in [2.75, 3.05) is 19.0 Å². The number of nitriles is 1. The Bertz CT molecular complexity index is 1450. The summed E-state index contributed by atoms with van der Waals surface area (Å²) in [4.78, 5) is 12.4. The van der Waals surface area contributed by atoms with Crippen molar-refractivity contribution in [2.24, 2.45) is 0 Å². The maximum Gasteiger partial charge on any atom is 0.262 e. The maximum absolute atomic E-state index is 12.4. The van der Waals surface area contributed by atoms with Gasteiger partial charge in [0.25, 0.3) is 5.91 Å². The number of benzene rings is 4. The van der Waals surface area contributed by atoms with Crippen LogP contribution in [-0.4, -0.2) is 19.6 Å². The monoisotopic (exact) mass is 574 g/mol. The third-order valence-electron chi connectivity index (χ3n) is 5.43. The molecule has 0 heterocycles. The van der Waals surface area contributed by atoms with Crippen LogP contribution < -0.4 is 14.8 Å². The van der Waals surface area contributed by atoms with Crippen molar-refractivity contribution in [1.82, 2.24) is 0 Å². The first-order valence-electron chi connectivity index (χ1n) is 10.9. The molecule has 0 atom stereocenters. The van der Waals surface area contributed by atoms with Crippen molar-refractivity contribution in [2.45, 2.75) is 6.92 Å². The first kappa shape index (κ1) is 24.3. The van der Waals surface area contributed by atoms with Crippen molar-refractivity contribution in [1.29, 1.82) is 5.26 Å². The summed E-state index contributed by atoms with van der Waals surface area (Å²) in [6.45, 7) is 1.83. The molecule has 1 amide bonds. The van der Waals surface area contributed by atoms with Gasteiger partial charge in [-0.1, -0.05) is 54.1 Å². The number of ether oxygens (including phenoxy) is 2. The van der Waals surface area contributed by atoms with Gasteiger partial charge in [0.2, 0.25) is 0 Å². The number of carbonyl (C=O) groups excluding carboxylic acids is 1. The zero-order chi connectivity index (χ0) is 24.8. The highest BCUT2D eigenvalue weighted by molar-refractivity contribution is 14.1. The van der Waals surface area contributed by atoms with E-state index in [2.05, 4.69) is 34.0 Å². The number of methoxy groups -OCH3 is 1. The normalized spacial score (nSPS) is 11.1. The van der Waals surface area contributed by atoms with Crippen LogP contribution in [0.15, 0.2) is 78.9 Å². The highest BCUT2D eigenvalue weighted by Crippen LogP contribution is 2.35. The molecule has 0 aliphatic heterocycles. The molecule has 4 rings (SSSR count). The Balaban J connectivity index is 1.54. The van der Waals surface area contributed by atoms with Crippen LogP contribution in [0.2, 0.25) is 0 Å². The fourth-order valence-corrected chi connectivity index (χ4v) is 4.42. The molecule has 4 aromatic rings. The van der Waals surface area contributed by atoms with Crippen LogP contribution >= 0.6 is 22.6 Å². The van der Waals surface area contributed by atoms with E-state index in [1.54, 1.807) is 13.2 Å². The quantitative estimate of drug-likeness (QED) is 0.149. The molecular formula is C29H23IN2O3. The predicted molar refractivity (Wildman–Crippen MR) is 148 cm³/mol. The number of fused-ring (bicyclic) bond motifs is 1. The van der Waals surface area contributed by atoms with E-state index in [4.69, 9.17) is 9.47 Å². The van der Waals surface area contributed by atoms with E-state index in [-0.39, 0.29) is 12.5 Å². The predicted octanol–water partition coefficient (Wildman–Crippen LogP) is 6.84. The molecule has 0 unspecified atom stereocenters. The topological polar surface area (TPSA) is 71.3 Å². The summed E-state index contributed by atoms with van der Waals surface area (Å²) in [7, 11) is 1.55. The minimum absolute atomic E-state index is 0.157. The van der Waals surface area contributed by atoms with Gasteiger partial charge in [0.05, 0.1) is 22.3 Å². The fraction of sp³-hybridized carbons (Fsp3) is 0.103. The van der Waals surface area contributed by atoms with Crippen LogP contribution in [0.5, 0.6) is 11.5 Å². The van der Waals surface area contributed by atoms with E-state index in [1.807, 2.05) is 85.8 Å². The number of aryl methyl sites for hydroxylation is 1. The molecule has 5 nitrogen and oxygen atoms in total. The summed E-state index contributed by atoms with van der Waals surface area (Å²) < 4.78 is 12.1. The number of amides is 1. The van der Waals surface area contributed by atoms with Gasteiger partial charge >= 0.3 is 0 Å². The fourth-order valence-electron chi connectivity index (χ4n) is 3.64. The number of anilines is 1. The van der Waals surface area contributed by atoms with Gasteiger partial charge in [-0.05, 0) is 87.8 Å². The van der Waals surface area contributed by atoms with Gasteiger partial charge in [-0.15, -0.1) is 0 Å². The second-order valence-corrected chi connectivity index (χ2v) is 9.13. The van der Waals surface area contributed by atoms with Crippen LogP contribution in [0.3, 0.4) is 0 Å². The highest BCUT2D eigenvalue weighted by Gasteiger charge is 2.14. The molecule has 0 saturated carbocycles. The van der Waals surface area contributed by atoms with Gasteiger partial charge in [-0.3, -0.25) is 4.79 Å². The van der Waals surface area contributed by atoms with E-state index in [9.17, 15) is 10.1 Å². The Kier molecular flexibility index (Phi) is 7.68. The Hall–Kier alpha value is -3.83. The molecule has 1 N–H and O–H groups in total. The number of nitrogens with zero attached hydrogens (tertiary/aromatic N) is 1. The van der Waals surface area contributed by atoms with Crippen LogP contribution in [0, 0.1) is 21.8 Å². The Morgan fingerprint density at radius 1 is 1.03 bits per heavy atom.